The van der Waals surface area contributed by atoms with Crippen molar-refractivity contribution in [2.24, 2.45) is 5.92 Å². The third-order valence-corrected chi connectivity index (χ3v) is 8.27. The molecule has 226 valence electrons. The number of aromatic amines is 1. The molecule has 0 radical (unpaired) electrons. The van der Waals surface area contributed by atoms with Crippen molar-refractivity contribution in [2.75, 3.05) is 13.1 Å². The number of halogens is 2. The third-order valence-electron chi connectivity index (χ3n) is 8.27. The van der Waals surface area contributed by atoms with E-state index >= 15 is 8.78 Å². The molecule has 2 aromatic carbocycles. The van der Waals surface area contributed by atoms with Gasteiger partial charge >= 0.3 is 5.97 Å². The van der Waals surface area contributed by atoms with Crippen molar-refractivity contribution in [1.82, 2.24) is 14.9 Å². The maximum absolute atomic E-state index is 15.7. The first-order valence-corrected chi connectivity index (χ1v) is 14.5. The monoisotopic (exact) mass is 591 g/mol. The number of rotatable bonds is 8. The summed E-state index contributed by atoms with van der Waals surface area (Å²) in [6.45, 7) is 6.79. The Morgan fingerprint density at radius 1 is 1.05 bits per heavy atom. The predicted octanol–water partition coefficient (Wildman–Crippen LogP) is 6.13. The molecule has 0 atom stereocenters. The van der Waals surface area contributed by atoms with Crippen LogP contribution in [0.15, 0.2) is 55.1 Å². The van der Waals surface area contributed by atoms with Crippen molar-refractivity contribution in [3.63, 3.8) is 0 Å². The Morgan fingerprint density at radius 2 is 1.70 bits per heavy atom. The second-order valence-electron chi connectivity index (χ2n) is 11.1. The molecule has 8 nitrogen and oxygen atoms in total. The number of H-pyrrole nitrogens is 1. The molecule has 1 aliphatic heterocycles. The Bertz CT molecular complexity index is 1580. The van der Waals surface area contributed by atoms with Gasteiger partial charge in [0.05, 0.1) is 23.1 Å². The number of ether oxygens (including phenoxy) is 1. The number of allylic oxidation sites excluding steroid dienone is 5. The average Bonchev–Trinajstić information content (AvgIpc) is 3.41. The van der Waals surface area contributed by atoms with Crippen molar-refractivity contribution < 1.29 is 33.3 Å². The fraction of sp³-hybridized carbons (Fsp3) is 0.364. The number of piperidine rings is 1. The summed E-state index contributed by atoms with van der Waals surface area (Å²) in [6.07, 6.45) is 7.41. The molecule has 1 saturated carbocycles. The molecule has 3 aromatic rings. The third kappa shape index (κ3) is 6.69. The number of carboxylic acids is 1. The number of nitrogens with one attached hydrogen (secondary N) is 1. The number of amides is 1. The van der Waals surface area contributed by atoms with Gasteiger partial charge in [0.15, 0.2) is 5.82 Å². The van der Waals surface area contributed by atoms with Crippen molar-refractivity contribution in [2.45, 2.75) is 57.7 Å². The SMILES string of the molecule is C=C(/C=C\C(=CC)c1c(F)cc2[nH]c(OC3CCC(C(=O)O)CC3)nc2c1F)c1ccc(C(=O)N2CCC(O)CC2)cc1. The smallest absolute Gasteiger partial charge is 0.306 e. The van der Waals surface area contributed by atoms with E-state index in [1.54, 1.807) is 54.3 Å². The van der Waals surface area contributed by atoms with Crippen molar-refractivity contribution >= 4 is 34.1 Å². The van der Waals surface area contributed by atoms with Gasteiger partial charge in [-0.2, -0.15) is 4.98 Å². The number of carbonyl (C=O) groups excluding carboxylic acids is 1. The molecule has 3 N–H and O–H groups in total. The largest absolute Gasteiger partial charge is 0.481 e. The van der Waals surface area contributed by atoms with Gasteiger partial charge in [-0.3, -0.25) is 9.59 Å². The Morgan fingerprint density at radius 3 is 2.33 bits per heavy atom. The Labute approximate surface area is 248 Å². The lowest BCUT2D eigenvalue weighted by atomic mass is 9.87. The van der Waals surface area contributed by atoms with Gasteiger partial charge in [0, 0.05) is 24.7 Å². The van der Waals surface area contributed by atoms with Crippen molar-refractivity contribution in [1.29, 1.82) is 0 Å². The van der Waals surface area contributed by atoms with Gasteiger partial charge in [-0.1, -0.05) is 36.9 Å². The number of aliphatic carboxylic acids is 1. The second-order valence-corrected chi connectivity index (χ2v) is 11.1. The summed E-state index contributed by atoms with van der Waals surface area (Å²) < 4.78 is 36.7. The summed E-state index contributed by atoms with van der Waals surface area (Å²) in [7, 11) is 0. The summed E-state index contributed by atoms with van der Waals surface area (Å²) in [6, 6.07) is 8.25. The van der Waals surface area contributed by atoms with Crippen LogP contribution in [-0.2, 0) is 4.79 Å². The van der Waals surface area contributed by atoms with Crippen LogP contribution >= 0.6 is 0 Å². The molecule has 1 aromatic heterocycles. The maximum Gasteiger partial charge on any atom is 0.306 e. The highest BCUT2D eigenvalue weighted by atomic mass is 19.1. The number of aromatic nitrogens is 2. The van der Waals surface area contributed by atoms with E-state index in [0.717, 1.165) is 5.56 Å². The first-order valence-electron chi connectivity index (χ1n) is 14.5. The molecule has 2 fully saturated rings. The number of benzene rings is 2. The van der Waals surface area contributed by atoms with Crippen LogP contribution in [0.3, 0.4) is 0 Å². The highest BCUT2D eigenvalue weighted by Gasteiger charge is 2.28. The zero-order chi connectivity index (χ0) is 30.7. The lowest BCUT2D eigenvalue weighted by Gasteiger charge is -2.29. The van der Waals surface area contributed by atoms with Gasteiger partial charge in [-0.25, -0.2) is 8.78 Å². The average molecular weight is 592 g/mol. The van der Waals surface area contributed by atoms with Gasteiger partial charge in [-0.05, 0) is 74.3 Å². The molecule has 0 unspecified atom stereocenters. The molecule has 1 amide bonds. The van der Waals surface area contributed by atoms with E-state index < -0.39 is 23.5 Å². The highest BCUT2D eigenvalue weighted by Crippen LogP contribution is 2.32. The standard InChI is InChI=1S/C33H35F2N3O5/c1-3-20(5-4-19(2)21-6-8-22(9-7-21)31(40)38-16-14-24(39)15-17-38)28-26(34)18-27-30(29(28)35)37-33(36-27)43-25-12-10-23(11-13-25)32(41)42/h3-9,18,23-25,39H,2,10-17H2,1H3,(H,36,37)(H,41,42)/b5-4-,20-3?. The number of aliphatic hydroxyl groups excluding tert-OH is 1. The first-order chi connectivity index (χ1) is 20.6. The van der Waals surface area contributed by atoms with E-state index in [1.165, 1.54) is 6.07 Å². The molecule has 1 saturated heterocycles. The molecular weight excluding hydrogens is 556 g/mol. The molecule has 2 aliphatic rings. The summed E-state index contributed by atoms with van der Waals surface area (Å²) in [5.74, 6) is -2.89. The number of hydrogen-bond donors (Lipinski definition) is 3. The van der Waals surface area contributed by atoms with E-state index in [0.29, 0.717) is 68.3 Å². The molecule has 0 spiro atoms. The van der Waals surface area contributed by atoms with Crippen molar-refractivity contribution in [3.05, 3.63) is 83.5 Å². The zero-order valence-corrected chi connectivity index (χ0v) is 24.0. The number of imidazole rings is 1. The molecular formula is C33H35F2N3O5. The normalized spacial score (nSPS) is 20.1. The fourth-order valence-corrected chi connectivity index (χ4v) is 5.65. The molecule has 10 heteroatoms. The molecule has 2 heterocycles. The van der Waals surface area contributed by atoms with Gasteiger partial charge in [0.25, 0.3) is 11.9 Å². The van der Waals surface area contributed by atoms with Crippen molar-refractivity contribution in [3.8, 4) is 6.01 Å². The Balaban J connectivity index is 1.28. The van der Waals surface area contributed by atoms with E-state index in [9.17, 15) is 19.8 Å². The molecule has 1 aliphatic carbocycles. The second kappa shape index (κ2) is 12.9. The number of aliphatic hydroxyl groups is 1. The quantitative estimate of drug-likeness (QED) is 0.271. The zero-order valence-electron chi connectivity index (χ0n) is 24.0. The summed E-state index contributed by atoms with van der Waals surface area (Å²) in [5, 5.41) is 18.9. The van der Waals surface area contributed by atoms with E-state index in [4.69, 9.17) is 4.74 Å². The number of nitrogens with zero attached hydrogens (tertiary/aromatic N) is 2. The molecule has 43 heavy (non-hydrogen) atoms. The van der Waals surface area contributed by atoms with Crippen LogP contribution in [0.5, 0.6) is 6.01 Å². The van der Waals surface area contributed by atoms with Crippen LogP contribution in [0.25, 0.3) is 22.2 Å². The van der Waals surface area contributed by atoms with Gasteiger partial charge < -0.3 is 24.8 Å². The minimum Gasteiger partial charge on any atom is -0.481 e. The summed E-state index contributed by atoms with van der Waals surface area (Å²) in [5.41, 5.74) is 2.06. The van der Waals surface area contributed by atoms with Gasteiger partial charge in [0.1, 0.15) is 17.4 Å². The van der Waals surface area contributed by atoms with Crippen LogP contribution in [-0.4, -0.2) is 62.3 Å². The number of likely N-dealkylation sites (tertiary alicyclic amines) is 1. The highest BCUT2D eigenvalue weighted by molar-refractivity contribution is 5.95. The number of carboxylic acid groups (broad SMARTS) is 1. The molecule has 0 bridgehead atoms. The lowest BCUT2D eigenvalue weighted by molar-refractivity contribution is -0.143. The number of fused-ring (bicyclic) bond motifs is 1. The molecule has 5 rings (SSSR count). The van der Waals surface area contributed by atoms with Gasteiger partial charge in [0.2, 0.25) is 0 Å². The Kier molecular flexibility index (Phi) is 9.05. The minimum atomic E-state index is -0.827. The van der Waals surface area contributed by atoms with Crippen LogP contribution < -0.4 is 4.74 Å². The topological polar surface area (TPSA) is 116 Å². The number of hydrogen-bond acceptors (Lipinski definition) is 5. The first kappa shape index (κ1) is 30.2. The predicted molar refractivity (Wildman–Crippen MR) is 159 cm³/mol. The summed E-state index contributed by atoms with van der Waals surface area (Å²) in [4.78, 5) is 32.8. The number of carbonyl (C=O) groups is 2. The maximum atomic E-state index is 15.7. The Hall–Kier alpha value is -4.31. The summed E-state index contributed by atoms with van der Waals surface area (Å²) >= 11 is 0. The fourth-order valence-electron chi connectivity index (χ4n) is 5.65. The van der Waals surface area contributed by atoms with Crippen LogP contribution in [0.4, 0.5) is 8.78 Å². The van der Waals surface area contributed by atoms with Gasteiger partial charge in [-0.15, -0.1) is 0 Å². The van der Waals surface area contributed by atoms with E-state index in [2.05, 4.69) is 16.5 Å². The minimum absolute atomic E-state index is 0.0549. The van der Waals surface area contributed by atoms with Crippen LogP contribution in [0, 0.1) is 17.6 Å². The van der Waals surface area contributed by atoms with Crippen LogP contribution in [0.1, 0.15) is 66.9 Å². The van der Waals surface area contributed by atoms with E-state index in [-0.39, 0.29) is 40.7 Å². The van der Waals surface area contributed by atoms with E-state index in [1.807, 2.05) is 0 Å². The van der Waals surface area contributed by atoms with Crippen LogP contribution in [0.2, 0.25) is 0 Å². The lowest BCUT2D eigenvalue weighted by Crippen LogP contribution is -2.40.